The minimum absolute atomic E-state index is 0.0713. The topological polar surface area (TPSA) is 89.5 Å². The van der Waals surface area contributed by atoms with E-state index in [1.54, 1.807) is 26.0 Å². The van der Waals surface area contributed by atoms with Gasteiger partial charge in [-0.1, -0.05) is 31.5 Å². The number of benzene rings is 2. The van der Waals surface area contributed by atoms with Gasteiger partial charge in [0.25, 0.3) is 10.0 Å². The molecule has 0 unspecified atom stereocenters. The molecule has 2 aromatic carbocycles. The van der Waals surface area contributed by atoms with E-state index < -0.39 is 25.1 Å². The molecule has 0 bridgehead atoms. The summed E-state index contributed by atoms with van der Waals surface area (Å²) in [6.07, 6.45) is 0.960. The van der Waals surface area contributed by atoms with Gasteiger partial charge in [0.2, 0.25) is 0 Å². The molecule has 0 spiro atoms. The lowest BCUT2D eigenvalue weighted by Crippen LogP contribution is -2.21. The summed E-state index contributed by atoms with van der Waals surface area (Å²) in [6.45, 7) is 9.02. The van der Waals surface area contributed by atoms with Crippen LogP contribution in [0.3, 0.4) is 0 Å². The molecule has 0 aliphatic rings. The molecule has 0 aliphatic carbocycles. The molecule has 0 atom stereocenters. The van der Waals surface area contributed by atoms with Gasteiger partial charge in [-0.2, -0.15) is 0 Å². The van der Waals surface area contributed by atoms with E-state index in [-0.39, 0.29) is 21.2 Å². The second-order valence-electron chi connectivity index (χ2n) is 7.18. The number of ether oxygens (including phenoxy) is 1. The molecule has 6 nitrogen and oxygen atoms in total. The van der Waals surface area contributed by atoms with E-state index in [0.717, 1.165) is 5.56 Å². The quantitative estimate of drug-likeness (QED) is 0.659. The second kappa shape index (κ2) is 8.75. The average molecular weight is 440 g/mol. The second-order valence-corrected chi connectivity index (χ2v) is 11.0. The van der Waals surface area contributed by atoms with Crippen LogP contribution in [0, 0.1) is 20.8 Å². The van der Waals surface area contributed by atoms with E-state index in [0.29, 0.717) is 24.0 Å². The number of nitrogens with one attached hydrogen (secondary N) is 1. The van der Waals surface area contributed by atoms with Crippen molar-refractivity contribution in [3.8, 4) is 5.75 Å². The molecule has 0 radical (unpaired) electrons. The average Bonchev–Trinajstić information content (AvgIpc) is 2.60. The van der Waals surface area contributed by atoms with Crippen molar-refractivity contribution < 1.29 is 21.6 Å². The highest BCUT2D eigenvalue weighted by Gasteiger charge is 2.27. The molecule has 2 aromatic rings. The van der Waals surface area contributed by atoms with Crippen molar-refractivity contribution in [2.24, 2.45) is 0 Å². The van der Waals surface area contributed by atoms with E-state index in [4.69, 9.17) is 4.74 Å². The van der Waals surface area contributed by atoms with E-state index in [1.807, 2.05) is 20.8 Å². The van der Waals surface area contributed by atoms with Gasteiger partial charge >= 0.3 is 0 Å². The number of rotatable bonds is 8. The van der Waals surface area contributed by atoms with Gasteiger partial charge in [0.1, 0.15) is 5.75 Å². The van der Waals surface area contributed by atoms with E-state index in [9.17, 15) is 16.8 Å². The summed E-state index contributed by atoms with van der Waals surface area (Å²) in [6, 6.07) is 7.86. The highest BCUT2D eigenvalue weighted by atomic mass is 32.2. The van der Waals surface area contributed by atoms with Crippen molar-refractivity contribution in [1.29, 1.82) is 0 Å². The molecule has 0 aromatic heterocycles. The summed E-state index contributed by atoms with van der Waals surface area (Å²) < 4.78 is 59.8. The van der Waals surface area contributed by atoms with E-state index >= 15 is 0 Å². The lowest BCUT2D eigenvalue weighted by Gasteiger charge is -2.18. The van der Waals surface area contributed by atoms with Gasteiger partial charge in [-0.05, 0) is 62.9 Å². The number of methoxy groups -OCH3 is 1. The fraction of sp³-hybridized carbons (Fsp3) is 0.429. The van der Waals surface area contributed by atoms with Crippen LogP contribution in [0.25, 0.3) is 0 Å². The Morgan fingerprint density at radius 2 is 1.48 bits per heavy atom. The molecule has 160 valence electrons. The Morgan fingerprint density at radius 3 is 1.97 bits per heavy atom. The Morgan fingerprint density at radius 1 is 0.931 bits per heavy atom. The van der Waals surface area contributed by atoms with Crippen LogP contribution >= 0.6 is 0 Å². The predicted molar refractivity (Wildman–Crippen MR) is 116 cm³/mol. The van der Waals surface area contributed by atoms with Gasteiger partial charge in [-0.3, -0.25) is 4.72 Å². The monoisotopic (exact) mass is 439 g/mol. The Kier molecular flexibility index (Phi) is 7.01. The third-order valence-electron chi connectivity index (χ3n) is 4.97. The van der Waals surface area contributed by atoms with Crippen LogP contribution in [0.15, 0.2) is 40.1 Å². The van der Waals surface area contributed by atoms with Gasteiger partial charge < -0.3 is 4.74 Å². The maximum atomic E-state index is 13.1. The summed E-state index contributed by atoms with van der Waals surface area (Å²) in [4.78, 5) is 0.250. The first-order valence-electron chi connectivity index (χ1n) is 9.50. The Labute approximate surface area is 174 Å². The minimum Gasteiger partial charge on any atom is -0.495 e. The summed E-state index contributed by atoms with van der Waals surface area (Å²) in [5.74, 6) is 0.250. The van der Waals surface area contributed by atoms with Gasteiger partial charge in [-0.25, -0.2) is 16.8 Å². The summed E-state index contributed by atoms with van der Waals surface area (Å²) >= 11 is 0. The van der Waals surface area contributed by atoms with Crippen molar-refractivity contribution in [2.45, 2.75) is 62.5 Å². The lowest BCUT2D eigenvalue weighted by molar-refractivity contribution is 0.416. The number of sulfonamides is 1. The largest absolute Gasteiger partial charge is 0.495 e. The van der Waals surface area contributed by atoms with Crippen LogP contribution in [-0.4, -0.2) is 29.2 Å². The number of hydrogen-bond acceptors (Lipinski definition) is 5. The number of aryl methyl sites for hydroxylation is 3. The first kappa shape index (κ1) is 23.2. The Balaban J connectivity index is 2.58. The van der Waals surface area contributed by atoms with Crippen LogP contribution < -0.4 is 9.46 Å². The minimum atomic E-state index is -3.94. The smallest absolute Gasteiger partial charge is 0.262 e. The molecule has 0 heterocycles. The standard InChI is InChI=1S/C21H29NO5S2/c1-7-17(8-2)28(23,24)18-9-10-20(27-6)19(13-18)22-29(25,26)21-15(4)11-14(3)12-16(21)5/h9-13,17,22H,7-8H2,1-6H3. The van der Waals surface area contributed by atoms with Crippen LogP contribution in [0.1, 0.15) is 43.4 Å². The summed E-state index contributed by atoms with van der Waals surface area (Å²) in [5, 5.41) is -0.526. The summed E-state index contributed by atoms with van der Waals surface area (Å²) in [7, 11) is -6.12. The Bertz CT molecular complexity index is 1080. The van der Waals surface area contributed by atoms with Crippen LogP contribution in [0.4, 0.5) is 5.69 Å². The van der Waals surface area contributed by atoms with Crippen molar-refractivity contribution in [3.63, 3.8) is 0 Å². The van der Waals surface area contributed by atoms with Crippen molar-refractivity contribution in [1.82, 2.24) is 0 Å². The van der Waals surface area contributed by atoms with Crippen molar-refractivity contribution >= 4 is 25.5 Å². The fourth-order valence-corrected chi connectivity index (χ4v) is 6.97. The van der Waals surface area contributed by atoms with Crippen LogP contribution in [-0.2, 0) is 19.9 Å². The van der Waals surface area contributed by atoms with Gasteiger partial charge in [0.15, 0.2) is 9.84 Å². The molecule has 29 heavy (non-hydrogen) atoms. The molecule has 0 amide bonds. The maximum Gasteiger partial charge on any atom is 0.262 e. The van der Waals surface area contributed by atoms with Gasteiger partial charge in [-0.15, -0.1) is 0 Å². The zero-order valence-corrected chi connectivity index (χ0v) is 19.4. The number of sulfone groups is 1. The van der Waals surface area contributed by atoms with Gasteiger partial charge in [0, 0.05) is 0 Å². The molecular weight excluding hydrogens is 410 g/mol. The summed E-state index contributed by atoms with van der Waals surface area (Å²) in [5.41, 5.74) is 2.30. The molecule has 0 saturated carbocycles. The maximum absolute atomic E-state index is 13.1. The third kappa shape index (κ3) is 4.75. The first-order chi connectivity index (χ1) is 13.5. The first-order valence-corrected chi connectivity index (χ1v) is 12.5. The predicted octanol–water partition coefficient (Wildman–Crippen LogP) is 4.38. The molecule has 0 saturated heterocycles. The highest BCUT2D eigenvalue weighted by Crippen LogP contribution is 2.33. The SMILES string of the molecule is CCC(CC)S(=O)(=O)c1ccc(OC)c(NS(=O)(=O)c2c(C)cc(C)cc2C)c1. The normalized spacial score (nSPS) is 12.2. The zero-order chi connectivity index (χ0) is 22.0. The van der Waals surface area contributed by atoms with Crippen molar-refractivity contribution in [3.05, 3.63) is 47.0 Å². The van der Waals surface area contributed by atoms with Gasteiger partial charge in [0.05, 0.1) is 27.8 Å². The zero-order valence-electron chi connectivity index (χ0n) is 17.7. The third-order valence-corrected chi connectivity index (χ3v) is 9.09. The van der Waals surface area contributed by atoms with E-state index in [2.05, 4.69) is 4.72 Å². The number of anilines is 1. The van der Waals surface area contributed by atoms with Crippen LogP contribution in [0.2, 0.25) is 0 Å². The fourth-order valence-electron chi connectivity index (χ4n) is 3.65. The van der Waals surface area contributed by atoms with Crippen LogP contribution in [0.5, 0.6) is 5.75 Å². The van der Waals surface area contributed by atoms with Crippen molar-refractivity contribution in [2.75, 3.05) is 11.8 Å². The number of hydrogen-bond donors (Lipinski definition) is 1. The highest BCUT2D eigenvalue weighted by molar-refractivity contribution is 7.93. The molecule has 0 fully saturated rings. The molecule has 2 rings (SSSR count). The molecule has 1 N–H and O–H groups in total. The lowest BCUT2D eigenvalue weighted by atomic mass is 10.1. The Hall–Kier alpha value is -2.06. The van der Waals surface area contributed by atoms with E-state index in [1.165, 1.54) is 25.3 Å². The molecule has 8 heteroatoms. The molecular formula is C21H29NO5S2. The molecule has 0 aliphatic heterocycles.